The second-order valence-corrected chi connectivity index (χ2v) is 9.55. The second kappa shape index (κ2) is 6.31. The summed E-state index contributed by atoms with van der Waals surface area (Å²) in [7, 11) is -3.88. The van der Waals surface area contributed by atoms with Crippen LogP contribution in [-0.2, 0) is 10.0 Å². The molecule has 0 aliphatic carbocycles. The first kappa shape index (κ1) is 17.9. The van der Waals surface area contributed by atoms with Crippen molar-refractivity contribution in [2.24, 2.45) is 0 Å². The zero-order chi connectivity index (χ0) is 18.6. The molecule has 0 spiro atoms. The number of anilines is 2. The lowest BCUT2D eigenvalue weighted by molar-refractivity contribution is 0.579. The Balaban J connectivity index is 1.83. The molecular formula is C15H9Cl3N4O2S2. The van der Waals surface area contributed by atoms with Gasteiger partial charge in [-0.1, -0.05) is 34.8 Å². The Kier molecular flexibility index (Phi) is 4.36. The van der Waals surface area contributed by atoms with E-state index in [2.05, 4.69) is 15.5 Å². The van der Waals surface area contributed by atoms with Crippen molar-refractivity contribution < 1.29 is 8.42 Å². The SMILES string of the molecule is Cc1cc2c(cc1Cl)Sc1nnc(Nc3cc(Cl)cc(Cl)c3)n1S2(=O)=O. The highest BCUT2D eigenvalue weighted by Crippen LogP contribution is 2.43. The van der Waals surface area contributed by atoms with Crippen molar-refractivity contribution in [1.82, 2.24) is 14.2 Å². The highest BCUT2D eigenvalue weighted by atomic mass is 35.5. The number of hydrogen-bond acceptors (Lipinski definition) is 6. The van der Waals surface area contributed by atoms with Gasteiger partial charge in [0.15, 0.2) is 0 Å². The van der Waals surface area contributed by atoms with Gasteiger partial charge in [-0.25, -0.2) is 8.42 Å². The quantitative estimate of drug-likeness (QED) is 0.466. The summed E-state index contributed by atoms with van der Waals surface area (Å²) in [6.07, 6.45) is 0. The molecule has 1 aliphatic heterocycles. The average molecular weight is 448 g/mol. The third-order valence-corrected chi connectivity index (χ3v) is 7.47. The van der Waals surface area contributed by atoms with Crippen LogP contribution in [0.1, 0.15) is 5.56 Å². The summed E-state index contributed by atoms with van der Waals surface area (Å²) in [4.78, 5) is 0.668. The number of benzene rings is 2. The van der Waals surface area contributed by atoms with Crippen molar-refractivity contribution in [3.8, 4) is 0 Å². The van der Waals surface area contributed by atoms with Gasteiger partial charge in [-0.2, -0.15) is 3.97 Å². The maximum Gasteiger partial charge on any atom is 0.273 e. The van der Waals surface area contributed by atoms with Crippen molar-refractivity contribution in [2.45, 2.75) is 21.9 Å². The van der Waals surface area contributed by atoms with Crippen LogP contribution in [0.15, 0.2) is 45.3 Å². The van der Waals surface area contributed by atoms with Gasteiger partial charge >= 0.3 is 0 Å². The van der Waals surface area contributed by atoms with Gasteiger partial charge in [-0.05, 0) is 54.6 Å². The molecule has 0 bridgehead atoms. The number of fused-ring (bicyclic) bond motifs is 2. The number of aryl methyl sites for hydroxylation is 1. The van der Waals surface area contributed by atoms with E-state index in [-0.39, 0.29) is 16.0 Å². The molecule has 134 valence electrons. The van der Waals surface area contributed by atoms with Crippen LogP contribution < -0.4 is 5.32 Å². The monoisotopic (exact) mass is 446 g/mol. The lowest BCUT2D eigenvalue weighted by atomic mass is 10.2. The van der Waals surface area contributed by atoms with E-state index in [0.29, 0.717) is 31.2 Å². The van der Waals surface area contributed by atoms with Crippen LogP contribution in [0.5, 0.6) is 0 Å². The fourth-order valence-electron chi connectivity index (χ4n) is 2.49. The van der Waals surface area contributed by atoms with Crippen LogP contribution >= 0.6 is 46.6 Å². The largest absolute Gasteiger partial charge is 0.323 e. The number of halogens is 3. The highest BCUT2D eigenvalue weighted by molar-refractivity contribution is 8.01. The molecule has 0 amide bonds. The third kappa shape index (κ3) is 2.95. The van der Waals surface area contributed by atoms with E-state index in [1.807, 2.05) is 0 Å². The van der Waals surface area contributed by atoms with Crippen LogP contribution in [0.3, 0.4) is 0 Å². The number of rotatable bonds is 2. The minimum atomic E-state index is -3.88. The number of nitrogens with one attached hydrogen (secondary N) is 1. The Hall–Kier alpha value is -1.45. The zero-order valence-electron chi connectivity index (χ0n) is 13.0. The summed E-state index contributed by atoms with van der Waals surface area (Å²) in [6.45, 7) is 1.75. The van der Waals surface area contributed by atoms with Crippen molar-refractivity contribution >= 4 is 68.2 Å². The van der Waals surface area contributed by atoms with E-state index in [0.717, 1.165) is 3.97 Å². The highest BCUT2D eigenvalue weighted by Gasteiger charge is 2.34. The molecule has 1 aliphatic rings. The Labute approximate surface area is 168 Å². The molecule has 0 saturated carbocycles. The van der Waals surface area contributed by atoms with Crippen molar-refractivity contribution in [3.63, 3.8) is 0 Å². The fraction of sp³-hybridized carbons (Fsp3) is 0.0667. The minimum absolute atomic E-state index is 0.0455. The maximum atomic E-state index is 13.1. The Bertz CT molecular complexity index is 1140. The topological polar surface area (TPSA) is 76.9 Å². The summed E-state index contributed by atoms with van der Waals surface area (Å²) in [5.74, 6) is 0.0455. The van der Waals surface area contributed by atoms with E-state index in [1.54, 1.807) is 37.3 Å². The fourth-order valence-corrected chi connectivity index (χ4v) is 6.26. The first-order valence-corrected chi connectivity index (χ1v) is 10.6. The molecule has 0 fully saturated rings. The predicted octanol–water partition coefficient (Wildman–Crippen LogP) is 4.99. The lowest BCUT2D eigenvalue weighted by Gasteiger charge is -2.19. The molecule has 1 aromatic heterocycles. The molecule has 2 heterocycles. The molecule has 2 aromatic carbocycles. The smallest absolute Gasteiger partial charge is 0.273 e. The van der Waals surface area contributed by atoms with Crippen LogP contribution in [-0.4, -0.2) is 22.6 Å². The Morgan fingerprint density at radius 2 is 1.73 bits per heavy atom. The molecule has 0 saturated heterocycles. The molecule has 3 aromatic rings. The van der Waals surface area contributed by atoms with Crippen LogP contribution in [0.4, 0.5) is 11.6 Å². The zero-order valence-corrected chi connectivity index (χ0v) is 16.9. The maximum absolute atomic E-state index is 13.1. The molecule has 0 atom stereocenters. The number of nitrogens with zero attached hydrogens (tertiary/aromatic N) is 3. The molecule has 4 rings (SSSR count). The normalized spacial score (nSPS) is 14.6. The summed E-state index contributed by atoms with van der Waals surface area (Å²) < 4.78 is 27.3. The average Bonchev–Trinajstić information content (AvgIpc) is 2.92. The van der Waals surface area contributed by atoms with E-state index < -0.39 is 10.0 Å². The second-order valence-electron chi connectivity index (χ2n) is 5.51. The van der Waals surface area contributed by atoms with Gasteiger partial charge in [-0.15, -0.1) is 10.2 Å². The molecule has 1 N–H and O–H groups in total. The van der Waals surface area contributed by atoms with Gasteiger partial charge in [0.1, 0.15) is 4.90 Å². The van der Waals surface area contributed by atoms with E-state index in [9.17, 15) is 8.42 Å². The van der Waals surface area contributed by atoms with Gasteiger partial charge in [0, 0.05) is 25.7 Å². The van der Waals surface area contributed by atoms with Crippen molar-refractivity contribution in [1.29, 1.82) is 0 Å². The number of hydrogen-bond donors (Lipinski definition) is 1. The molecule has 11 heteroatoms. The molecule has 0 unspecified atom stereocenters. The first-order chi connectivity index (χ1) is 12.3. The van der Waals surface area contributed by atoms with Crippen molar-refractivity contribution in [2.75, 3.05) is 5.32 Å². The first-order valence-electron chi connectivity index (χ1n) is 7.18. The third-order valence-electron chi connectivity index (χ3n) is 3.66. The molecule has 26 heavy (non-hydrogen) atoms. The van der Waals surface area contributed by atoms with Gasteiger partial charge in [0.2, 0.25) is 11.1 Å². The van der Waals surface area contributed by atoms with E-state index in [4.69, 9.17) is 34.8 Å². The standard InChI is InChI=1S/C15H9Cl3N4O2S2/c1-7-2-13-12(6-11(7)18)25-15-21-20-14(22(15)26(13,23)24)19-10-4-8(16)3-9(17)5-10/h2-6H,1H3,(H,19,20). The van der Waals surface area contributed by atoms with Gasteiger partial charge in [0.25, 0.3) is 10.0 Å². The van der Waals surface area contributed by atoms with Gasteiger partial charge < -0.3 is 5.32 Å². The molecule has 6 nitrogen and oxygen atoms in total. The summed E-state index contributed by atoms with van der Waals surface area (Å²) >= 11 is 19.3. The van der Waals surface area contributed by atoms with Gasteiger partial charge in [-0.3, -0.25) is 0 Å². The molecular weight excluding hydrogens is 439 g/mol. The van der Waals surface area contributed by atoms with Crippen LogP contribution in [0.2, 0.25) is 15.1 Å². The lowest BCUT2D eigenvalue weighted by Crippen LogP contribution is -2.20. The summed E-state index contributed by atoms with van der Waals surface area (Å²) in [6, 6.07) is 7.95. The summed E-state index contributed by atoms with van der Waals surface area (Å²) in [5.41, 5.74) is 1.17. The van der Waals surface area contributed by atoms with E-state index >= 15 is 0 Å². The van der Waals surface area contributed by atoms with Gasteiger partial charge in [0.05, 0.1) is 0 Å². The minimum Gasteiger partial charge on any atom is -0.323 e. The predicted molar refractivity (Wildman–Crippen MR) is 103 cm³/mol. The number of aromatic nitrogens is 3. The van der Waals surface area contributed by atoms with Crippen LogP contribution in [0.25, 0.3) is 0 Å². The van der Waals surface area contributed by atoms with Crippen molar-refractivity contribution in [3.05, 3.63) is 51.0 Å². The Morgan fingerprint density at radius 3 is 2.42 bits per heavy atom. The molecule has 0 radical (unpaired) electrons. The van der Waals surface area contributed by atoms with E-state index in [1.165, 1.54) is 11.8 Å². The Morgan fingerprint density at radius 1 is 1.04 bits per heavy atom. The summed E-state index contributed by atoms with van der Waals surface area (Å²) in [5, 5.41) is 12.4. The van der Waals surface area contributed by atoms with Crippen LogP contribution in [0, 0.1) is 6.92 Å².